The number of carbonyl (C=O) groups is 1. The maximum absolute atomic E-state index is 11.1. The number of carbonyl (C=O) groups excluding carboxylic acids is 1. The third-order valence-corrected chi connectivity index (χ3v) is 1.73. The zero-order valence-corrected chi connectivity index (χ0v) is 9.38. The number of hydrogen-bond donors (Lipinski definition) is 2. The van der Waals surface area contributed by atoms with Gasteiger partial charge in [0.15, 0.2) is 0 Å². The van der Waals surface area contributed by atoms with E-state index in [0.29, 0.717) is 26.1 Å². The summed E-state index contributed by atoms with van der Waals surface area (Å²) in [4.78, 5) is 11.1. The molecule has 0 aromatic carbocycles. The minimum Gasteiger partial charge on any atom is -0.377 e. The number of nitrogens with zero attached hydrogens (tertiary/aromatic N) is 1. The summed E-state index contributed by atoms with van der Waals surface area (Å²) in [7, 11) is 0. The predicted octanol–water partition coefficient (Wildman–Crippen LogP) is 0.0309. The molecule has 0 aliphatic heterocycles. The van der Waals surface area contributed by atoms with Gasteiger partial charge in [0, 0.05) is 19.7 Å². The molecule has 86 valence electrons. The number of amides is 1. The topological polar surface area (TPSA) is 74.2 Å². The van der Waals surface area contributed by atoms with E-state index in [1.807, 2.05) is 19.9 Å². The van der Waals surface area contributed by atoms with Crippen molar-refractivity contribution < 1.29 is 9.53 Å². The summed E-state index contributed by atoms with van der Waals surface area (Å²) in [6, 6.07) is 1.96. The van der Waals surface area contributed by atoms with E-state index in [0.717, 1.165) is 0 Å². The standard InChI is InChI=1S/C10H19N3O2/c1-3-15-9(2)7-12-8-10(14)13-6-4-5-11/h9,12H,3-4,6-8H2,1-2H3,(H,13,14). The molecule has 1 amide bonds. The highest BCUT2D eigenvalue weighted by atomic mass is 16.5. The fourth-order valence-corrected chi connectivity index (χ4v) is 1.05. The highest BCUT2D eigenvalue weighted by molar-refractivity contribution is 5.77. The van der Waals surface area contributed by atoms with E-state index in [1.165, 1.54) is 0 Å². The highest BCUT2D eigenvalue weighted by Crippen LogP contribution is 1.86. The monoisotopic (exact) mass is 213 g/mol. The quantitative estimate of drug-likeness (QED) is 0.558. The Labute approximate surface area is 90.8 Å². The van der Waals surface area contributed by atoms with Gasteiger partial charge in [0.05, 0.1) is 25.1 Å². The molecule has 0 aromatic heterocycles. The molecular formula is C10H19N3O2. The van der Waals surface area contributed by atoms with Gasteiger partial charge in [-0.15, -0.1) is 0 Å². The molecule has 0 saturated heterocycles. The van der Waals surface area contributed by atoms with E-state index < -0.39 is 0 Å². The normalized spacial score (nSPS) is 11.8. The first-order chi connectivity index (χ1) is 7.20. The van der Waals surface area contributed by atoms with Crippen molar-refractivity contribution in [2.45, 2.75) is 26.4 Å². The van der Waals surface area contributed by atoms with Crippen LogP contribution in [0.5, 0.6) is 0 Å². The van der Waals surface area contributed by atoms with E-state index in [4.69, 9.17) is 10.00 Å². The molecule has 0 aliphatic rings. The molecular weight excluding hydrogens is 194 g/mol. The summed E-state index contributed by atoms with van der Waals surface area (Å²) in [6.07, 6.45) is 0.461. The molecule has 0 bridgehead atoms. The molecule has 0 rings (SSSR count). The molecule has 2 N–H and O–H groups in total. The van der Waals surface area contributed by atoms with Crippen LogP contribution in [-0.2, 0) is 9.53 Å². The summed E-state index contributed by atoms with van der Waals surface area (Å²) in [5.74, 6) is -0.0889. The van der Waals surface area contributed by atoms with E-state index in [9.17, 15) is 4.79 Å². The Hall–Kier alpha value is -1.12. The first kappa shape index (κ1) is 13.9. The van der Waals surface area contributed by atoms with Crippen molar-refractivity contribution >= 4 is 5.91 Å². The minimum atomic E-state index is -0.0889. The summed E-state index contributed by atoms with van der Waals surface area (Å²) in [5.41, 5.74) is 0. The van der Waals surface area contributed by atoms with Crippen LogP contribution < -0.4 is 10.6 Å². The van der Waals surface area contributed by atoms with Gasteiger partial charge in [-0.3, -0.25) is 4.79 Å². The molecule has 0 saturated carbocycles. The predicted molar refractivity (Wildman–Crippen MR) is 57.2 cm³/mol. The summed E-state index contributed by atoms with van der Waals surface area (Å²) in [6.45, 7) is 5.90. The van der Waals surface area contributed by atoms with Gasteiger partial charge in [-0.2, -0.15) is 5.26 Å². The maximum atomic E-state index is 11.1. The molecule has 0 aliphatic carbocycles. The Bertz CT molecular complexity index is 213. The Morgan fingerprint density at radius 2 is 2.33 bits per heavy atom. The third-order valence-electron chi connectivity index (χ3n) is 1.73. The second-order valence-corrected chi connectivity index (χ2v) is 3.15. The maximum Gasteiger partial charge on any atom is 0.233 e. The smallest absolute Gasteiger partial charge is 0.233 e. The zero-order chi connectivity index (χ0) is 11.5. The average Bonchev–Trinajstić information content (AvgIpc) is 2.18. The van der Waals surface area contributed by atoms with Gasteiger partial charge in [0.2, 0.25) is 5.91 Å². The Morgan fingerprint density at radius 3 is 2.93 bits per heavy atom. The molecule has 0 radical (unpaired) electrons. The summed E-state index contributed by atoms with van der Waals surface area (Å²) in [5, 5.41) is 13.9. The SMILES string of the molecule is CCOC(C)CNCC(=O)NCCC#N. The van der Waals surface area contributed by atoms with Crippen LogP contribution >= 0.6 is 0 Å². The lowest BCUT2D eigenvalue weighted by molar-refractivity contribution is -0.120. The fraction of sp³-hybridized carbons (Fsp3) is 0.800. The molecule has 5 heteroatoms. The first-order valence-corrected chi connectivity index (χ1v) is 5.16. The largest absolute Gasteiger partial charge is 0.377 e. The molecule has 0 spiro atoms. The number of nitrogens with one attached hydrogen (secondary N) is 2. The van der Waals surface area contributed by atoms with E-state index >= 15 is 0 Å². The summed E-state index contributed by atoms with van der Waals surface area (Å²) >= 11 is 0. The molecule has 0 aromatic rings. The van der Waals surface area contributed by atoms with Crippen molar-refractivity contribution in [2.75, 3.05) is 26.2 Å². The summed E-state index contributed by atoms with van der Waals surface area (Å²) < 4.78 is 5.28. The van der Waals surface area contributed by atoms with Crippen molar-refractivity contribution in [3.8, 4) is 6.07 Å². The molecule has 0 heterocycles. The van der Waals surface area contributed by atoms with Crippen LogP contribution in [0.15, 0.2) is 0 Å². The van der Waals surface area contributed by atoms with Crippen LogP contribution in [0.2, 0.25) is 0 Å². The third kappa shape index (κ3) is 9.19. The second kappa shape index (κ2) is 9.44. The van der Waals surface area contributed by atoms with Gasteiger partial charge in [0.25, 0.3) is 0 Å². The van der Waals surface area contributed by atoms with Crippen LogP contribution in [0.25, 0.3) is 0 Å². The number of hydrogen-bond acceptors (Lipinski definition) is 4. The van der Waals surface area contributed by atoms with Gasteiger partial charge in [0.1, 0.15) is 0 Å². The van der Waals surface area contributed by atoms with Crippen LogP contribution in [0.1, 0.15) is 20.3 Å². The van der Waals surface area contributed by atoms with E-state index in [-0.39, 0.29) is 18.6 Å². The van der Waals surface area contributed by atoms with Crippen LogP contribution in [0.4, 0.5) is 0 Å². The number of rotatable bonds is 8. The zero-order valence-electron chi connectivity index (χ0n) is 9.38. The van der Waals surface area contributed by atoms with Gasteiger partial charge < -0.3 is 15.4 Å². The van der Waals surface area contributed by atoms with E-state index in [1.54, 1.807) is 0 Å². The Kier molecular flexibility index (Phi) is 8.73. The highest BCUT2D eigenvalue weighted by Gasteiger charge is 2.02. The van der Waals surface area contributed by atoms with Crippen LogP contribution in [0, 0.1) is 11.3 Å². The van der Waals surface area contributed by atoms with Crippen molar-refractivity contribution in [3.63, 3.8) is 0 Å². The van der Waals surface area contributed by atoms with Crippen molar-refractivity contribution in [3.05, 3.63) is 0 Å². The molecule has 15 heavy (non-hydrogen) atoms. The first-order valence-electron chi connectivity index (χ1n) is 5.16. The minimum absolute atomic E-state index is 0.0889. The second-order valence-electron chi connectivity index (χ2n) is 3.15. The Morgan fingerprint density at radius 1 is 1.60 bits per heavy atom. The van der Waals surface area contributed by atoms with Gasteiger partial charge in [-0.25, -0.2) is 0 Å². The molecule has 5 nitrogen and oxygen atoms in total. The average molecular weight is 213 g/mol. The van der Waals surface area contributed by atoms with Crippen molar-refractivity contribution in [1.29, 1.82) is 5.26 Å². The number of ether oxygens (including phenoxy) is 1. The Balaban J connectivity index is 3.35. The van der Waals surface area contributed by atoms with Crippen LogP contribution in [-0.4, -0.2) is 38.3 Å². The molecule has 1 atom stereocenters. The van der Waals surface area contributed by atoms with E-state index in [2.05, 4.69) is 10.6 Å². The lowest BCUT2D eigenvalue weighted by atomic mass is 10.4. The molecule has 1 unspecified atom stereocenters. The van der Waals surface area contributed by atoms with Gasteiger partial charge >= 0.3 is 0 Å². The fourth-order valence-electron chi connectivity index (χ4n) is 1.05. The number of nitriles is 1. The van der Waals surface area contributed by atoms with Crippen molar-refractivity contribution in [1.82, 2.24) is 10.6 Å². The van der Waals surface area contributed by atoms with Crippen molar-refractivity contribution in [2.24, 2.45) is 0 Å². The van der Waals surface area contributed by atoms with Crippen LogP contribution in [0.3, 0.4) is 0 Å². The van der Waals surface area contributed by atoms with Gasteiger partial charge in [-0.1, -0.05) is 0 Å². The van der Waals surface area contributed by atoms with Gasteiger partial charge in [-0.05, 0) is 13.8 Å². The lowest BCUT2D eigenvalue weighted by Crippen LogP contribution is -2.37. The molecule has 0 fully saturated rings. The lowest BCUT2D eigenvalue weighted by Gasteiger charge is -2.12.